The van der Waals surface area contributed by atoms with Gasteiger partial charge >= 0.3 is 0 Å². The highest BCUT2D eigenvalue weighted by Crippen LogP contribution is 2.16. The molecule has 0 aliphatic rings. The van der Waals surface area contributed by atoms with Gasteiger partial charge in [0.15, 0.2) is 0 Å². The van der Waals surface area contributed by atoms with Gasteiger partial charge in [-0.05, 0) is 37.1 Å². The van der Waals surface area contributed by atoms with E-state index in [1.54, 1.807) is 19.2 Å². The molecule has 0 aliphatic heterocycles. The van der Waals surface area contributed by atoms with Crippen molar-refractivity contribution in [3.8, 4) is 0 Å². The fraction of sp³-hybridized carbons (Fsp3) is 0.625. The Balaban J connectivity index is 2.75. The summed E-state index contributed by atoms with van der Waals surface area (Å²) in [7, 11) is -1.71. The lowest BCUT2D eigenvalue weighted by Crippen LogP contribution is -2.28. The molecule has 0 radical (unpaired) electrons. The van der Waals surface area contributed by atoms with Gasteiger partial charge in [0.25, 0.3) is 0 Å². The first kappa shape index (κ1) is 18.1. The molecule has 0 atom stereocenters. The Morgan fingerprint density at radius 1 is 1.14 bits per heavy atom. The molecule has 5 heteroatoms. The average molecular weight is 312 g/mol. The summed E-state index contributed by atoms with van der Waals surface area (Å²) in [5, 5.41) is 3.29. The summed E-state index contributed by atoms with van der Waals surface area (Å²) < 4.78 is 26.5. The van der Waals surface area contributed by atoms with Crippen LogP contribution in [0, 0.1) is 0 Å². The molecule has 1 aromatic rings. The molecular formula is C16H28N2O2S. The minimum Gasteiger partial charge on any atom is -0.313 e. The molecule has 0 saturated carbocycles. The Hall–Kier alpha value is -0.910. The Labute approximate surface area is 129 Å². The molecule has 0 aromatic heterocycles. The van der Waals surface area contributed by atoms with Crippen molar-refractivity contribution in [1.29, 1.82) is 0 Å². The van der Waals surface area contributed by atoms with E-state index >= 15 is 0 Å². The predicted molar refractivity (Wildman–Crippen MR) is 87.8 cm³/mol. The van der Waals surface area contributed by atoms with Crippen LogP contribution in [0.5, 0.6) is 0 Å². The third-order valence-electron chi connectivity index (χ3n) is 3.44. The van der Waals surface area contributed by atoms with Crippen molar-refractivity contribution in [2.45, 2.75) is 51.0 Å². The highest BCUT2D eigenvalue weighted by atomic mass is 32.2. The summed E-state index contributed by atoms with van der Waals surface area (Å²) in [5.74, 6) is 0. The molecular weight excluding hydrogens is 284 g/mol. The van der Waals surface area contributed by atoms with Crippen LogP contribution in [0.15, 0.2) is 29.2 Å². The van der Waals surface area contributed by atoms with Crippen molar-refractivity contribution in [3.05, 3.63) is 29.8 Å². The van der Waals surface area contributed by atoms with Crippen LogP contribution in [-0.2, 0) is 16.6 Å². The maximum absolute atomic E-state index is 12.5. The van der Waals surface area contributed by atoms with Crippen LogP contribution < -0.4 is 5.32 Å². The zero-order valence-corrected chi connectivity index (χ0v) is 14.2. The molecule has 0 fully saturated rings. The Morgan fingerprint density at radius 2 is 1.90 bits per heavy atom. The number of unbranched alkanes of at least 4 members (excludes halogenated alkanes) is 2. The monoisotopic (exact) mass is 312 g/mol. The number of nitrogens with zero attached hydrogens (tertiary/aromatic N) is 1. The first-order valence-corrected chi connectivity index (χ1v) is 9.22. The van der Waals surface area contributed by atoms with E-state index in [0.717, 1.165) is 37.8 Å². The smallest absolute Gasteiger partial charge is 0.242 e. The summed E-state index contributed by atoms with van der Waals surface area (Å²) in [6.45, 7) is 6.44. The first-order chi connectivity index (χ1) is 10.0. The Kier molecular flexibility index (Phi) is 7.93. The van der Waals surface area contributed by atoms with Crippen molar-refractivity contribution in [3.63, 3.8) is 0 Å². The number of nitrogens with one attached hydrogen (secondary N) is 1. The minimum atomic E-state index is -3.37. The molecule has 4 nitrogen and oxygen atoms in total. The van der Waals surface area contributed by atoms with E-state index in [1.165, 1.54) is 4.31 Å². The predicted octanol–water partition coefficient (Wildman–Crippen LogP) is 3.00. The molecule has 0 unspecified atom stereocenters. The molecule has 0 heterocycles. The molecule has 1 rings (SSSR count). The molecule has 0 spiro atoms. The number of sulfonamides is 1. The van der Waals surface area contributed by atoms with Crippen molar-refractivity contribution in [2.24, 2.45) is 0 Å². The lowest BCUT2D eigenvalue weighted by molar-refractivity contribution is 0.454. The largest absolute Gasteiger partial charge is 0.313 e. The molecule has 21 heavy (non-hydrogen) atoms. The highest BCUT2D eigenvalue weighted by molar-refractivity contribution is 7.89. The second-order valence-corrected chi connectivity index (χ2v) is 7.40. The topological polar surface area (TPSA) is 49.4 Å². The van der Waals surface area contributed by atoms with Crippen molar-refractivity contribution in [1.82, 2.24) is 9.62 Å². The lowest BCUT2D eigenvalue weighted by atomic mass is 10.2. The van der Waals surface area contributed by atoms with E-state index in [1.807, 2.05) is 12.1 Å². The van der Waals surface area contributed by atoms with E-state index in [0.29, 0.717) is 18.0 Å². The maximum atomic E-state index is 12.5. The zero-order valence-electron chi connectivity index (χ0n) is 13.4. The Morgan fingerprint density at radius 3 is 2.57 bits per heavy atom. The van der Waals surface area contributed by atoms with Gasteiger partial charge < -0.3 is 5.32 Å². The quantitative estimate of drug-likeness (QED) is 0.676. The number of hydrogen-bond acceptors (Lipinski definition) is 3. The molecule has 120 valence electrons. The summed E-state index contributed by atoms with van der Waals surface area (Å²) in [5.41, 5.74) is 1.01. The summed E-state index contributed by atoms with van der Waals surface area (Å²) >= 11 is 0. The number of benzene rings is 1. The highest BCUT2D eigenvalue weighted by Gasteiger charge is 2.20. The van der Waals surface area contributed by atoms with Crippen LogP contribution in [-0.4, -0.2) is 32.9 Å². The van der Waals surface area contributed by atoms with Crippen LogP contribution in [0.3, 0.4) is 0 Å². The fourth-order valence-corrected chi connectivity index (χ4v) is 3.39. The van der Waals surface area contributed by atoms with Gasteiger partial charge in [0.1, 0.15) is 0 Å². The van der Waals surface area contributed by atoms with Gasteiger partial charge in [-0.1, -0.05) is 38.8 Å². The van der Waals surface area contributed by atoms with Gasteiger partial charge in [-0.2, -0.15) is 0 Å². The van der Waals surface area contributed by atoms with Gasteiger partial charge in [-0.15, -0.1) is 0 Å². The second-order valence-electron chi connectivity index (χ2n) is 5.36. The molecule has 0 saturated heterocycles. The lowest BCUT2D eigenvalue weighted by Gasteiger charge is -2.17. The van der Waals surface area contributed by atoms with E-state index in [2.05, 4.69) is 19.2 Å². The Bertz CT molecular complexity index is 515. The van der Waals surface area contributed by atoms with Crippen molar-refractivity contribution >= 4 is 10.0 Å². The third kappa shape index (κ3) is 5.77. The molecule has 1 aromatic carbocycles. The first-order valence-electron chi connectivity index (χ1n) is 7.78. The summed E-state index contributed by atoms with van der Waals surface area (Å²) in [4.78, 5) is 0.386. The number of hydrogen-bond donors (Lipinski definition) is 1. The van der Waals surface area contributed by atoms with Gasteiger partial charge in [-0.3, -0.25) is 0 Å². The second kappa shape index (κ2) is 9.18. The van der Waals surface area contributed by atoms with E-state index in [9.17, 15) is 8.42 Å². The van der Waals surface area contributed by atoms with Gasteiger partial charge in [0.05, 0.1) is 4.90 Å². The van der Waals surface area contributed by atoms with E-state index in [4.69, 9.17) is 0 Å². The molecule has 0 amide bonds. The molecule has 0 bridgehead atoms. The van der Waals surface area contributed by atoms with Crippen molar-refractivity contribution < 1.29 is 8.42 Å². The van der Waals surface area contributed by atoms with Crippen LogP contribution in [0.1, 0.15) is 45.1 Å². The van der Waals surface area contributed by atoms with Crippen LogP contribution >= 0.6 is 0 Å². The van der Waals surface area contributed by atoms with Crippen LogP contribution in [0.25, 0.3) is 0 Å². The normalized spacial score (nSPS) is 12.0. The van der Waals surface area contributed by atoms with Gasteiger partial charge in [0.2, 0.25) is 10.0 Å². The van der Waals surface area contributed by atoms with Crippen molar-refractivity contribution in [2.75, 3.05) is 20.1 Å². The maximum Gasteiger partial charge on any atom is 0.242 e. The fourth-order valence-electron chi connectivity index (χ4n) is 2.11. The minimum absolute atomic E-state index is 0.386. The van der Waals surface area contributed by atoms with Crippen LogP contribution in [0.2, 0.25) is 0 Å². The number of rotatable bonds is 10. The zero-order chi connectivity index (χ0) is 15.7. The van der Waals surface area contributed by atoms with Gasteiger partial charge in [0, 0.05) is 20.1 Å². The molecule has 1 N–H and O–H groups in total. The SMILES string of the molecule is CCCCCN(C)S(=O)(=O)c1cccc(CNCCC)c1. The standard InChI is InChI=1S/C16H28N2O2S/c1-4-6-7-12-18(3)21(19,20)16-10-8-9-15(13-16)14-17-11-5-2/h8-10,13,17H,4-7,11-12,14H2,1-3H3. The van der Waals surface area contributed by atoms with Gasteiger partial charge in [-0.25, -0.2) is 12.7 Å². The third-order valence-corrected chi connectivity index (χ3v) is 5.29. The molecule has 0 aliphatic carbocycles. The van der Waals surface area contributed by atoms with E-state index in [-0.39, 0.29) is 0 Å². The van der Waals surface area contributed by atoms with Crippen LogP contribution in [0.4, 0.5) is 0 Å². The summed E-state index contributed by atoms with van der Waals surface area (Å²) in [6, 6.07) is 7.22. The summed E-state index contributed by atoms with van der Waals surface area (Å²) in [6.07, 6.45) is 4.12. The average Bonchev–Trinajstić information content (AvgIpc) is 2.48. The van der Waals surface area contributed by atoms with E-state index < -0.39 is 10.0 Å².